The molecule has 6 nitrogen and oxygen atoms in total. The molecule has 1 aliphatic rings. The van der Waals surface area contributed by atoms with Crippen molar-refractivity contribution in [2.75, 3.05) is 6.61 Å². The molecule has 1 N–H and O–H groups in total. The molecule has 1 amide bonds. The summed E-state index contributed by atoms with van der Waals surface area (Å²) < 4.78 is 10.5. The first-order valence-corrected chi connectivity index (χ1v) is 13.2. The van der Waals surface area contributed by atoms with E-state index in [2.05, 4.69) is 12.2 Å². The highest BCUT2D eigenvalue weighted by Crippen LogP contribution is 2.37. The van der Waals surface area contributed by atoms with Crippen molar-refractivity contribution in [2.45, 2.75) is 63.8 Å². The minimum atomic E-state index is -0.960. The number of hydrogen-bond donors (Lipinski definition) is 1. The quantitative estimate of drug-likeness (QED) is 0.253. The van der Waals surface area contributed by atoms with Crippen molar-refractivity contribution in [1.29, 1.82) is 0 Å². The Morgan fingerprint density at radius 3 is 2.32 bits per heavy atom. The highest BCUT2D eigenvalue weighted by molar-refractivity contribution is 5.99. The van der Waals surface area contributed by atoms with Crippen LogP contribution >= 0.6 is 0 Å². The second-order valence-electron chi connectivity index (χ2n) is 9.85. The number of benzene rings is 2. The SMILES string of the molecule is CCCC1CCC(c2ccc(C(=O)COC(=O)[C@@H](Cc3ccccc3)NC(=O)c3ccco3)cc2)CC1. The molecule has 3 aromatic rings. The first-order valence-electron chi connectivity index (χ1n) is 13.2. The first-order chi connectivity index (χ1) is 18.0. The van der Waals surface area contributed by atoms with Crippen LogP contribution < -0.4 is 5.32 Å². The minimum Gasteiger partial charge on any atom is -0.459 e. The van der Waals surface area contributed by atoms with Crippen molar-refractivity contribution in [3.8, 4) is 0 Å². The van der Waals surface area contributed by atoms with E-state index in [0.29, 0.717) is 11.5 Å². The first kappa shape index (κ1) is 26.4. The molecule has 1 fully saturated rings. The summed E-state index contributed by atoms with van der Waals surface area (Å²) in [5.74, 6) is 0.0346. The maximum absolute atomic E-state index is 12.9. The molecular weight excluding hydrogens is 466 g/mol. The Kier molecular flexibility index (Phi) is 9.30. The summed E-state index contributed by atoms with van der Waals surface area (Å²) in [6.45, 7) is 1.86. The summed E-state index contributed by atoms with van der Waals surface area (Å²) in [4.78, 5) is 38.2. The molecule has 0 bridgehead atoms. The van der Waals surface area contributed by atoms with Crippen LogP contribution in [0.25, 0.3) is 0 Å². The number of carbonyl (C=O) groups excluding carboxylic acids is 3. The zero-order valence-corrected chi connectivity index (χ0v) is 21.4. The smallest absolute Gasteiger partial charge is 0.329 e. The van der Waals surface area contributed by atoms with Crippen molar-refractivity contribution < 1.29 is 23.5 Å². The Hall–Kier alpha value is -3.67. The number of amides is 1. The average molecular weight is 502 g/mol. The lowest BCUT2D eigenvalue weighted by Crippen LogP contribution is -2.43. The van der Waals surface area contributed by atoms with Crippen LogP contribution in [-0.2, 0) is 16.0 Å². The highest BCUT2D eigenvalue weighted by Gasteiger charge is 2.26. The maximum atomic E-state index is 12.9. The monoisotopic (exact) mass is 501 g/mol. The van der Waals surface area contributed by atoms with Crippen LogP contribution in [0.1, 0.15) is 83.4 Å². The molecule has 194 valence electrons. The van der Waals surface area contributed by atoms with Crippen LogP contribution in [0.3, 0.4) is 0 Å². The third-order valence-corrected chi connectivity index (χ3v) is 7.21. The van der Waals surface area contributed by atoms with E-state index in [1.807, 2.05) is 54.6 Å². The fraction of sp³-hybridized carbons (Fsp3) is 0.387. The lowest BCUT2D eigenvalue weighted by molar-refractivity contribution is -0.144. The van der Waals surface area contributed by atoms with E-state index in [1.165, 1.54) is 56.4 Å². The highest BCUT2D eigenvalue weighted by atomic mass is 16.5. The topological polar surface area (TPSA) is 85.6 Å². The molecule has 0 unspecified atom stereocenters. The van der Waals surface area contributed by atoms with Crippen molar-refractivity contribution in [3.63, 3.8) is 0 Å². The number of ether oxygens (including phenoxy) is 1. The molecule has 1 saturated carbocycles. The molecule has 0 radical (unpaired) electrons. The summed E-state index contributed by atoms with van der Waals surface area (Å²) in [6, 6.07) is 19.2. The molecule has 6 heteroatoms. The van der Waals surface area contributed by atoms with Gasteiger partial charge in [0.15, 0.2) is 18.2 Å². The van der Waals surface area contributed by atoms with Crippen LogP contribution in [0.15, 0.2) is 77.4 Å². The van der Waals surface area contributed by atoms with Gasteiger partial charge >= 0.3 is 5.97 Å². The molecule has 1 aliphatic carbocycles. The number of hydrogen-bond acceptors (Lipinski definition) is 5. The van der Waals surface area contributed by atoms with Crippen LogP contribution in [0.2, 0.25) is 0 Å². The predicted molar refractivity (Wildman–Crippen MR) is 141 cm³/mol. The van der Waals surface area contributed by atoms with E-state index >= 15 is 0 Å². The zero-order chi connectivity index (χ0) is 26.0. The Morgan fingerprint density at radius 2 is 1.68 bits per heavy atom. The van der Waals surface area contributed by atoms with E-state index in [1.54, 1.807) is 6.07 Å². The van der Waals surface area contributed by atoms with Gasteiger partial charge in [-0.1, -0.05) is 74.4 Å². The Morgan fingerprint density at radius 1 is 0.946 bits per heavy atom. The number of rotatable bonds is 11. The van der Waals surface area contributed by atoms with Gasteiger partial charge < -0.3 is 14.5 Å². The number of furan rings is 1. The molecule has 37 heavy (non-hydrogen) atoms. The molecule has 4 rings (SSSR count). The number of Topliss-reactive ketones (excluding diaryl/α,β-unsaturated/α-hetero) is 1. The van der Waals surface area contributed by atoms with Crippen molar-refractivity contribution in [2.24, 2.45) is 5.92 Å². The number of esters is 1. The fourth-order valence-corrected chi connectivity index (χ4v) is 5.13. The third kappa shape index (κ3) is 7.42. The van der Waals surface area contributed by atoms with Gasteiger partial charge in [0.2, 0.25) is 0 Å². The number of ketones is 1. The summed E-state index contributed by atoms with van der Waals surface area (Å²) in [5, 5.41) is 2.67. The van der Waals surface area contributed by atoms with Crippen LogP contribution in [0.5, 0.6) is 0 Å². The summed E-state index contributed by atoms with van der Waals surface area (Å²) >= 11 is 0. The Bertz CT molecular complexity index is 1150. The van der Waals surface area contributed by atoms with Gasteiger partial charge in [-0.05, 0) is 60.8 Å². The van der Waals surface area contributed by atoms with Gasteiger partial charge in [0.25, 0.3) is 5.91 Å². The molecule has 0 aliphatic heterocycles. The van der Waals surface area contributed by atoms with Gasteiger partial charge in [-0.15, -0.1) is 0 Å². The lowest BCUT2D eigenvalue weighted by Gasteiger charge is -2.28. The average Bonchev–Trinajstić information content (AvgIpc) is 3.48. The van der Waals surface area contributed by atoms with Gasteiger partial charge in [0.1, 0.15) is 6.04 Å². The Balaban J connectivity index is 1.33. The van der Waals surface area contributed by atoms with E-state index in [4.69, 9.17) is 9.15 Å². The van der Waals surface area contributed by atoms with Crippen molar-refractivity contribution in [3.05, 3.63) is 95.4 Å². The molecule has 2 aromatic carbocycles. The van der Waals surface area contributed by atoms with Gasteiger partial charge in [-0.2, -0.15) is 0 Å². The van der Waals surface area contributed by atoms with Crippen LogP contribution in [-0.4, -0.2) is 30.3 Å². The number of nitrogens with one attached hydrogen (secondary N) is 1. The largest absolute Gasteiger partial charge is 0.459 e. The molecule has 1 atom stereocenters. The minimum absolute atomic E-state index is 0.0980. The van der Waals surface area contributed by atoms with E-state index in [9.17, 15) is 14.4 Å². The van der Waals surface area contributed by atoms with Gasteiger partial charge in [-0.25, -0.2) is 4.79 Å². The summed E-state index contributed by atoms with van der Waals surface area (Å²) in [7, 11) is 0. The van der Waals surface area contributed by atoms with Crippen LogP contribution in [0, 0.1) is 5.92 Å². The number of carbonyl (C=O) groups is 3. The molecule has 1 aromatic heterocycles. The zero-order valence-electron chi connectivity index (χ0n) is 21.4. The molecule has 0 saturated heterocycles. The molecule has 0 spiro atoms. The standard InChI is InChI=1S/C31H35NO5/c1-2-7-22-11-13-24(14-12-22)25-15-17-26(18-16-25)28(33)21-37-31(35)27(20-23-8-4-3-5-9-23)32-30(34)29-10-6-19-36-29/h3-6,8-10,15-19,22,24,27H,2,7,11-14,20-21H2,1H3,(H,32,34)/t22?,24?,27-/m1/s1. The van der Waals surface area contributed by atoms with Crippen molar-refractivity contribution in [1.82, 2.24) is 5.32 Å². The lowest BCUT2D eigenvalue weighted by atomic mass is 9.77. The molecular formula is C31H35NO5. The fourth-order valence-electron chi connectivity index (χ4n) is 5.13. The second-order valence-corrected chi connectivity index (χ2v) is 9.85. The predicted octanol–water partition coefficient (Wildman–Crippen LogP) is 6.12. The second kappa shape index (κ2) is 13.0. The normalized spacial score (nSPS) is 18.1. The Labute approximate surface area is 218 Å². The van der Waals surface area contributed by atoms with Gasteiger partial charge in [0, 0.05) is 12.0 Å². The van der Waals surface area contributed by atoms with Crippen molar-refractivity contribution >= 4 is 17.7 Å². The van der Waals surface area contributed by atoms with Gasteiger partial charge in [0.05, 0.1) is 6.26 Å². The van der Waals surface area contributed by atoms with Crippen LogP contribution in [0.4, 0.5) is 0 Å². The summed E-state index contributed by atoms with van der Waals surface area (Å²) in [6.07, 6.45) is 9.13. The van der Waals surface area contributed by atoms with E-state index < -0.39 is 17.9 Å². The van der Waals surface area contributed by atoms with Gasteiger partial charge in [-0.3, -0.25) is 9.59 Å². The third-order valence-electron chi connectivity index (χ3n) is 7.21. The van der Waals surface area contributed by atoms with E-state index in [-0.39, 0.29) is 24.6 Å². The van der Waals surface area contributed by atoms with E-state index in [0.717, 1.165) is 11.5 Å². The summed E-state index contributed by atoms with van der Waals surface area (Å²) in [5.41, 5.74) is 2.64. The molecule has 1 heterocycles. The maximum Gasteiger partial charge on any atom is 0.329 e.